The first-order valence-corrected chi connectivity index (χ1v) is 5.86. The van der Waals surface area contributed by atoms with Crippen LogP contribution in [0.1, 0.15) is 15.9 Å². The molecule has 3 N–H and O–H groups in total. The van der Waals surface area contributed by atoms with E-state index in [1.54, 1.807) is 36.5 Å². The van der Waals surface area contributed by atoms with Gasteiger partial charge in [0.2, 0.25) is 11.8 Å². The summed E-state index contributed by atoms with van der Waals surface area (Å²) in [5.74, 6) is 0.659. The topological polar surface area (TPSA) is 77.2 Å². The number of hydrogen-bond acceptors (Lipinski definition) is 4. The largest absolute Gasteiger partial charge is 0.439 e. The van der Waals surface area contributed by atoms with Gasteiger partial charge >= 0.3 is 0 Å². The fourth-order valence-electron chi connectivity index (χ4n) is 1.59. The van der Waals surface area contributed by atoms with Gasteiger partial charge in [-0.15, -0.1) is 0 Å². The second-order valence-corrected chi connectivity index (χ2v) is 4.03. The van der Waals surface area contributed by atoms with Crippen molar-refractivity contribution in [2.75, 3.05) is 7.05 Å². The van der Waals surface area contributed by atoms with Gasteiger partial charge in [0, 0.05) is 24.4 Å². The molecule has 0 bridgehead atoms. The molecule has 0 aliphatic carbocycles. The van der Waals surface area contributed by atoms with Crippen LogP contribution in [0.5, 0.6) is 11.6 Å². The summed E-state index contributed by atoms with van der Waals surface area (Å²) in [6.45, 7) is 0.764. The Morgan fingerprint density at radius 3 is 2.53 bits per heavy atom. The van der Waals surface area contributed by atoms with Crippen LogP contribution < -0.4 is 15.8 Å². The van der Waals surface area contributed by atoms with Crippen molar-refractivity contribution < 1.29 is 9.53 Å². The molecule has 0 spiro atoms. The summed E-state index contributed by atoms with van der Waals surface area (Å²) in [6, 6.07) is 10.3. The van der Waals surface area contributed by atoms with Crippen LogP contribution in [0.2, 0.25) is 0 Å². The average molecular weight is 257 g/mol. The zero-order chi connectivity index (χ0) is 13.7. The quantitative estimate of drug-likeness (QED) is 0.854. The summed E-state index contributed by atoms with van der Waals surface area (Å²) in [4.78, 5) is 15.1. The van der Waals surface area contributed by atoms with E-state index in [1.165, 1.54) is 0 Å². The van der Waals surface area contributed by atoms with Crippen LogP contribution in [0, 0.1) is 0 Å². The molecule has 1 amide bonds. The molecule has 0 saturated carbocycles. The SMILES string of the molecule is CNCc1ccc(Oc2ccc(C(N)=O)cc2)nc1. The molecule has 5 heteroatoms. The van der Waals surface area contributed by atoms with Crippen LogP contribution in [-0.2, 0) is 6.54 Å². The highest BCUT2D eigenvalue weighted by Gasteiger charge is 2.02. The van der Waals surface area contributed by atoms with E-state index in [0.717, 1.165) is 12.1 Å². The molecular formula is C14H15N3O2. The van der Waals surface area contributed by atoms with E-state index in [1.807, 2.05) is 13.1 Å². The van der Waals surface area contributed by atoms with E-state index >= 15 is 0 Å². The molecule has 0 atom stereocenters. The van der Waals surface area contributed by atoms with Gasteiger partial charge in [-0.3, -0.25) is 4.79 Å². The lowest BCUT2D eigenvalue weighted by atomic mass is 10.2. The lowest BCUT2D eigenvalue weighted by Crippen LogP contribution is -2.10. The Kier molecular flexibility index (Phi) is 4.10. The van der Waals surface area contributed by atoms with Gasteiger partial charge in [0.25, 0.3) is 0 Å². The smallest absolute Gasteiger partial charge is 0.248 e. The van der Waals surface area contributed by atoms with Crippen molar-refractivity contribution in [2.45, 2.75) is 6.54 Å². The Morgan fingerprint density at radius 1 is 1.26 bits per heavy atom. The summed E-state index contributed by atoms with van der Waals surface area (Å²) in [6.07, 6.45) is 1.75. The van der Waals surface area contributed by atoms with Crippen LogP contribution in [0.4, 0.5) is 0 Å². The van der Waals surface area contributed by atoms with E-state index in [-0.39, 0.29) is 0 Å². The summed E-state index contributed by atoms with van der Waals surface area (Å²) in [7, 11) is 1.88. The van der Waals surface area contributed by atoms with Crippen molar-refractivity contribution in [1.82, 2.24) is 10.3 Å². The highest BCUT2D eigenvalue weighted by atomic mass is 16.5. The number of rotatable bonds is 5. The number of nitrogens with zero attached hydrogens (tertiary/aromatic N) is 1. The minimum atomic E-state index is -0.457. The van der Waals surface area contributed by atoms with Gasteiger partial charge in [0.15, 0.2) is 0 Å². The number of nitrogens with one attached hydrogen (secondary N) is 1. The maximum Gasteiger partial charge on any atom is 0.248 e. The number of carbonyl (C=O) groups excluding carboxylic acids is 1. The van der Waals surface area contributed by atoms with Crippen LogP contribution in [-0.4, -0.2) is 17.9 Å². The summed E-state index contributed by atoms with van der Waals surface area (Å²) >= 11 is 0. The second-order valence-electron chi connectivity index (χ2n) is 4.03. The van der Waals surface area contributed by atoms with Gasteiger partial charge in [0.1, 0.15) is 5.75 Å². The zero-order valence-electron chi connectivity index (χ0n) is 10.6. The third-order valence-electron chi connectivity index (χ3n) is 2.54. The first-order chi connectivity index (χ1) is 9.19. The average Bonchev–Trinajstić information content (AvgIpc) is 2.42. The Labute approximate surface area is 111 Å². The Morgan fingerprint density at radius 2 is 2.00 bits per heavy atom. The Balaban J connectivity index is 2.06. The minimum Gasteiger partial charge on any atom is -0.439 e. The molecule has 0 aliphatic rings. The third-order valence-corrected chi connectivity index (χ3v) is 2.54. The predicted octanol–water partition coefficient (Wildman–Crippen LogP) is 1.69. The van der Waals surface area contributed by atoms with Crippen LogP contribution in [0.3, 0.4) is 0 Å². The number of pyridine rings is 1. The third kappa shape index (κ3) is 3.53. The Bertz CT molecular complexity index is 550. The molecule has 1 aromatic carbocycles. The molecule has 19 heavy (non-hydrogen) atoms. The van der Waals surface area contributed by atoms with Gasteiger partial charge in [0.05, 0.1) is 0 Å². The maximum atomic E-state index is 10.9. The van der Waals surface area contributed by atoms with E-state index in [4.69, 9.17) is 10.5 Å². The van der Waals surface area contributed by atoms with E-state index < -0.39 is 5.91 Å². The van der Waals surface area contributed by atoms with Crippen LogP contribution in [0.15, 0.2) is 42.6 Å². The first-order valence-electron chi connectivity index (χ1n) is 5.86. The molecule has 0 unspecified atom stereocenters. The van der Waals surface area contributed by atoms with Crippen LogP contribution in [0.25, 0.3) is 0 Å². The van der Waals surface area contributed by atoms with E-state index in [9.17, 15) is 4.79 Å². The number of benzene rings is 1. The van der Waals surface area contributed by atoms with Crippen molar-refractivity contribution in [2.24, 2.45) is 5.73 Å². The van der Waals surface area contributed by atoms with Gasteiger partial charge < -0.3 is 15.8 Å². The van der Waals surface area contributed by atoms with Gasteiger partial charge in [-0.05, 0) is 36.9 Å². The number of aromatic nitrogens is 1. The number of amides is 1. The lowest BCUT2D eigenvalue weighted by Gasteiger charge is -2.06. The van der Waals surface area contributed by atoms with Gasteiger partial charge in [-0.1, -0.05) is 6.07 Å². The standard InChI is InChI=1S/C14H15N3O2/c1-16-8-10-2-7-13(17-9-10)19-12-5-3-11(4-6-12)14(15)18/h2-7,9,16H,8H2,1H3,(H2,15,18). The number of ether oxygens (including phenoxy) is 1. The fourth-order valence-corrected chi connectivity index (χ4v) is 1.59. The minimum absolute atomic E-state index is 0.449. The summed E-state index contributed by atoms with van der Waals surface area (Å²) in [5.41, 5.74) is 6.69. The lowest BCUT2D eigenvalue weighted by molar-refractivity contribution is 0.100. The van der Waals surface area contributed by atoms with Crippen molar-refractivity contribution in [3.8, 4) is 11.6 Å². The fraction of sp³-hybridized carbons (Fsp3) is 0.143. The summed E-state index contributed by atoms with van der Waals surface area (Å²) < 4.78 is 5.56. The normalized spacial score (nSPS) is 10.2. The van der Waals surface area contributed by atoms with Crippen molar-refractivity contribution >= 4 is 5.91 Å². The van der Waals surface area contributed by atoms with Crippen LogP contribution >= 0.6 is 0 Å². The number of hydrogen-bond donors (Lipinski definition) is 2. The highest BCUT2D eigenvalue weighted by molar-refractivity contribution is 5.92. The van der Waals surface area contributed by atoms with E-state index in [0.29, 0.717) is 17.2 Å². The molecule has 0 aliphatic heterocycles. The summed E-state index contributed by atoms with van der Waals surface area (Å²) in [5, 5.41) is 3.05. The first kappa shape index (κ1) is 13.0. The highest BCUT2D eigenvalue weighted by Crippen LogP contribution is 2.19. The number of carbonyl (C=O) groups is 1. The molecule has 0 saturated heterocycles. The molecule has 1 aromatic heterocycles. The molecule has 1 heterocycles. The second kappa shape index (κ2) is 5.97. The molecule has 0 fully saturated rings. The predicted molar refractivity (Wildman–Crippen MR) is 72.0 cm³/mol. The molecule has 0 radical (unpaired) electrons. The molecule has 2 rings (SSSR count). The van der Waals surface area contributed by atoms with Gasteiger partial charge in [-0.2, -0.15) is 0 Å². The molecular weight excluding hydrogens is 242 g/mol. The van der Waals surface area contributed by atoms with E-state index in [2.05, 4.69) is 10.3 Å². The number of primary amides is 1. The van der Waals surface area contributed by atoms with Crippen molar-refractivity contribution in [3.05, 3.63) is 53.7 Å². The monoisotopic (exact) mass is 257 g/mol. The van der Waals surface area contributed by atoms with Crippen molar-refractivity contribution in [1.29, 1.82) is 0 Å². The maximum absolute atomic E-state index is 10.9. The molecule has 98 valence electrons. The van der Waals surface area contributed by atoms with Gasteiger partial charge in [-0.25, -0.2) is 4.98 Å². The zero-order valence-corrected chi connectivity index (χ0v) is 10.6. The molecule has 5 nitrogen and oxygen atoms in total. The van der Waals surface area contributed by atoms with Crippen molar-refractivity contribution in [3.63, 3.8) is 0 Å². The molecule has 2 aromatic rings. The number of nitrogens with two attached hydrogens (primary N) is 1. The Hall–Kier alpha value is -2.40.